The van der Waals surface area contributed by atoms with E-state index in [1.807, 2.05) is 12.1 Å². The molecule has 0 N–H and O–H groups in total. The molecule has 6 nitrogen and oxygen atoms in total. The summed E-state index contributed by atoms with van der Waals surface area (Å²) in [7, 11) is -1.65. The SMILES string of the molecule is COc1ccccc1CC(=O)N=C1SC2CS(=O)(=O)CC2N1c1ccc(C)c(F)c1. The first-order chi connectivity index (χ1) is 14.3. The Morgan fingerprint density at radius 3 is 2.77 bits per heavy atom. The predicted molar refractivity (Wildman–Crippen MR) is 117 cm³/mol. The number of thioether (sulfide) groups is 1. The largest absolute Gasteiger partial charge is 0.496 e. The standard InChI is InChI=1S/C21H21FN2O4S2/c1-13-7-8-15(10-16(13)22)24-17-11-30(26,27)12-19(17)29-21(24)23-20(25)9-14-5-3-4-6-18(14)28-2/h3-8,10,17,19H,9,11-12H2,1-2H3. The van der Waals surface area contributed by atoms with Gasteiger partial charge in [-0.2, -0.15) is 4.99 Å². The van der Waals surface area contributed by atoms with Crippen molar-refractivity contribution in [2.45, 2.75) is 24.6 Å². The fourth-order valence-corrected chi connectivity index (χ4v) is 7.69. The Hall–Kier alpha value is -2.39. The van der Waals surface area contributed by atoms with Gasteiger partial charge in [0.25, 0.3) is 5.91 Å². The van der Waals surface area contributed by atoms with Crippen LogP contribution in [-0.4, -0.2) is 49.4 Å². The molecular formula is C21H21FN2O4S2. The van der Waals surface area contributed by atoms with Crippen LogP contribution in [0.15, 0.2) is 47.5 Å². The van der Waals surface area contributed by atoms with Gasteiger partial charge in [-0.15, -0.1) is 0 Å². The van der Waals surface area contributed by atoms with Crippen LogP contribution in [0.4, 0.5) is 10.1 Å². The molecule has 0 radical (unpaired) electrons. The van der Waals surface area contributed by atoms with Crippen LogP contribution in [0.25, 0.3) is 0 Å². The van der Waals surface area contributed by atoms with E-state index in [-0.39, 0.29) is 40.9 Å². The third-order valence-corrected chi connectivity index (χ3v) is 8.46. The zero-order valence-electron chi connectivity index (χ0n) is 16.5. The number of carbonyl (C=O) groups excluding carboxylic acids is 1. The predicted octanol–water partition coefficient (Wildman–Crippen LogP) is 2.99. The molecule has 1 amide bonds. The zero-order valence-corrected chi connectivity index (χ0v) is 18.2. The minimum absolute atomic E-state index is 0.0207. The highest BCUT2D eigenvalue weighted by Crippen LogP contribution is 2.41. The Bertz CT molecular complexity index is 1130. The number of para-hydroxylation sites is 1. The summed E-state index contributed by atoms with van der Waals surface area (Å²) < 4.78 is 43.8. The smallest absolute Gasteiger partial charge is 0.252 e. The van der Waals surface area contributed by atoms with Gasteiger partial charge < -0.3 is 9.64 Å². The van der Waals surface area contributed by atoms with Crippen LogP contribution in [0.1, 0.15) is 11.1 Å². The van der Waals surface area contributed by atoms with Gasteiger partial charge in [-0.05, 0) is 30.7 Å². The highest BCUT2D eigenvalue weighted by atomic mass is 32.2. The average Bonchev–Trinajstić information content (AvgIpc) is 3.15. The summed E-state index contributed by atoms with van der Waals surface area (Å²) in [6, 6.07) is 11.6. The molecule has 2 aromatic carbocycles. The summed E-state index contributed by atoms with van der Waals surface area (Å²) in [6.07, 6.45) is 0.0534. The molecule has 0 aliphatic carbocycles. The molecule has 2 aliphatic rings. The van der Waals surface area contributed by atoms with E-state index in [0.717, 1.165) is 0 Å². The molecule has 4 rings (SSSR count). The molecule has 0 saturated carbocycles. The number of nitrogens with zero attached hydrogens (tertiary/aromatic N) is 2. The highest BCUT2D eigenvalue weighted by molar-refractivity contribution is 8.16. The molecule has 2 atom stereocenters. The Morgan fingerprint density at radius 2 is 2.03 bits per heavy atom. The first-order valence-electron chi connectivity index (χ1n) is 9.43. The third kappa shape index (κ3) is 4.09. The monoisotopic (exact) mass is 448 g/mol. The normalized spacial score (nSPS) is 23.6. The summed E-state index contributed by atoms with van der Waals surface area (Å²) in [4.78, 5) is 18.7. The van der Waals surface area contributed by atoms with Crippen molar-refractivity contribution in [2.75, 3.05) is 23.5 Å². The van der Waals surface area contributed by atoms with Gasteiger partial charge in [0.1, 0.15) is 11.6 Å². The molecular weight excluding hydrogens is 427 g/mol. The highest BCUT2D eigenvalue weighted by Gasteiger charge is 2.49. The second kappa shape index (κ2) is 8.03. The number of anilines is 1. The maximum atomic E-state index is 14.2. The number of ether oxygens (including phenoxy) is 1. The lowest BCUT2D eigenvalue weighted by Crippen LogP contribution is -2.37. The van der Waals surface area contributed by atoms with E-state index < -0.39 is 9.84 Å². The van der Waals surface area contributed by atoms with E-state index in [0.29, 0.717) is 27.7 Å². The summed E-state index contributed by atoms with van der Waals surface area (Å²) >= 11 is 1.27. The zero-order chi connectivity index (χ0) is 21.5. The number of aryl methyl sites for hydroxylation is 1. The molecule has 0 spiro atoms. The lowest BCUT2D eigenvalue weighted by atomic mass is 10.1. The number of amides is 1. The van der Waals surface area contributed by atoms with Crippen molar-refractivity contribution in [3.8, 4) is 5.75 Å². The van der Waals surface area contributed by atoms with Gasteiger partial charge in [0.2, 0.25) is 0 Å². The van der Waals surface area contributed by atoms with Crippen LogP contribution in [-0.2, 0) is 21.1 Å². The number of hydrogen-bond acceptors (Lipinski definition) is 5. The number of methoxy groups -OCH3 is 1. The molecule has 2 saturated heterocycles. The maximum absolute atomic E-state index is 14.2. The second-order valence-electron chi connectivity index (χ2n) is 7.38. The van der Waals surface area contributed by atoms with Crippen molar-refractivity contribution >= 4 is 38.4 Å². The molecule has 158 valence electrons. The Morgan fingerprint density at radius 1 is 1.27 bits per heavy atom. The van der Waals surface area contributed by atoms with Gasteiger partial charge in [-0.25, -0.2) is 12.8 Å². The number of aliphatic imine (C=N–C) groups is 1. The first kappa shape index (κ1) is 20.9. The Labute approximate surface area is 179 Å². The summed E-state index contributed by atoms with van der Waals surface area (Å²) in [5, 5.41) is 0.167. The molecule has 2 unspecified atom stereocenters. The van der Waals surface area contributed by atoms with Crippen molar-refractivity contribution in [1.82, 2.24) is 0 Å². The van der Waals surface area contributed by atoms with Gasteiger partial charge in [0, 0.05) is 16.5 Å². The maximum Gasteiger partial charge on any atom is 0.252 e. The topological polar surface area (TPSA) is 76.0 Å². The third-order valence-electron chi connectivity index (χ3n) is 5.25. The number of rotatable bonds is 4. The van der Waals surface area contributed by atoms with Gasteiger partial charge in [0.05, 0.1) is 31.1 Å². The van der Waals surface area contributed by atoms with Crippen LogP contribution < -0.4 is 9.64 Å². The molecule has 0 aromatic heterocycles. The fourth-order valence-electron chi connectivity index (χ4n) is 3.76. The number of amidine groups is 1. The van der Waals surface area contributed by atoms with Crippen LogP contribution in [0.5, 0.6) is 5.75 Å². The van der Waals surface area contributed by atoms with Gasteiger partial charge in [-0.3, -0.25) is 4.79 Å². The van der Waals surface area contributed by atoms with Crippen molar-refractivity contribution in [1.29, 1.82) is 0 Å². The van der Waals surface area contributed by atoms with Crippen molar-refractivity contribution in [2.24, 2.45) is 4.99 Å². The van der Waals surface area contributed by atoms with Crippen LogP contribution in [0.2, 0.25) is 0 Å². The quantitative estimate of drug-likeness (QED) is 0.716. The minimum atomic E-state index is -3.19. The van der Waals surface area contributed by atoms with Gasteiger partial charge in [0.15, 0.2) is 15.0 Å². The number of carbonyl (C=O) groups is 1. The summed E-state index contributed by atoms with van der Waals surface area (Å²) in [6.45, 7) is 1.66. The van der Waals surface area contributed by atoms with E-state index in [1.165, 1.54) is 24.9 Å². The van der Waals surface area contributed by atoms with E-state index in [4.69, 9.17) is 4.74 Å². The number of hydrogen-bond donors (Lipinski definition) is 0. The van der Waals surface area contributed by atoms with Crippen molar-refractivity contribution in [3.63, 3.8) is 0 Å². The molecule has 9 heteroatoms. The molecule has 2 heterocycles. The van der Waals surface area contributed by atoms with Crippen molar-refractivity contribution < 1.29 is 22.3 Å². The number of benzene rings is 2. The van der Waals surface area contributed by atoms with E-state index in [9.17, 15) is 17.6 Å². The van der Waals surface area contributed by atoms with Gasteiger partial charge in [-0.1, -0.05) is 36.0 Å². The molecule has 2 fully saturated rings. The molecule has 2 aromatic rings. The second-order valence-corrected chi connectivity index (χ2v) is 10.7. The summed E-state index contributed by atoms with van der Waals surface area (Å²) in [5.41, 5.74) is 1.71. The fraction of sp³-hybridized carbons (Fsp3) is 0.333. The van der Waals surface area contributed by atoms with Gasteiger partial charge >= 0.3 is 0 Å². The van der Waals surface area contributed by atoms with E-state index >= 15 is 0 Å². The molecule has 30 heavy (non-hydrogen) atoms. The Balaban J connectivity index is 1.66. The number of halogens is 1. The van der Waals surface area contributed by atoms with Crippen LogP contribution in [0.3, 0.4) is 0 Å². The van der Waals surface area contributed by atoms with E-state index in [1.54, 1.807) is 36.1 Å². The lowest BCUT2D eigenvalue weighted by Gasteiger charge is -2.24. The van der Waals surface area contributed by atoms with Crippen LogP contribution in [0, 0.1) is 12.7 Å². The number of fused-ring (bicyclic) bond motifs is 1. The molecule has 2 aliphatic heterocycles. The summed E-state index contributed by atoms with van der Waals surface area (Å²) in [5.74, 6) is -0.179. The number of sulfone groups is 1. The minimum Gasteiger partial charge on any atom is -0.496 e. The molecule has 0 bridgehead atoms. The lowest BCUT2D eigenvalue weighted by molar-refractivity contribution is -0.117. The average molecular weight is 449 g/mol. The Kier molecular flexibility index (Phi) is 5.59. The van der Waals surface area contributed by atoms with Crippen molar-refractivity contribution in [3.05, 3.63) is 59.4 Å². The first-order valence-corrected chi connectivity index (χ1v) is 12.1. The van der Waals surface area contributed by atoms with E-state index in [2.05, 4.69) is 4.99 Å². The van der Waals surface area contributed by atoms with Crippen LogP contribution >= 0.6 is 11.8 Å².